The van der Waals surface area contributed by atoms with Crippen LogP contribution in [0, 0.1) is 0 Å². The van der Waals surface area contributed by atoms with Crippen LogP contribution in [0.5, 0.6) is 11.5 Å². The molecule has 0 heterocycles. The van der Waals surface area contributed by atoms with Gasteiger partial charge in [-0.2, -0.15) is 0 Å². The van der Waals surface area contributed by atoms with E-state index >= 15 is 0 Å². The van der Waals surface area contributed by atoms with Crippen molar-refractivity contribution in [2.24, 2.45) is 0 Å². The Labute approximate surface area is 103 Å². The summed E-state index contributed by atoms with van der Waals surface area (Å²) in [6.45, 7) is 3.64. The van der Waals surface area contributed by atoms with Gasteiger partial charge in [0.15, 0.2) is 11.5 Å². The third kappa shape index (κ3) is 3.91. The highest BCUT2D eigenvalue weighted by molar-refractivity contribution is 5.43. The Morgan fingerprint density at radius 1 is 1.12 bits per heavy atom. The minimum atomic E-state index is 0.255. The van der Waals surface area contributed by atoms with Crippen LogP contribution in [0.1, 0.15) is 18.5 Å². The van der Waals surface area contributed by atoms with Crippen LogP contribution in [0.25, 0.3) is 0 Å². The number of ether oxygens (including phenoxy) is 3. The minimum Gasteiger partial charge on any atom is -0.493 e. The topological polar surface area (TPSA) is 39.7 Å². The Bertz CT molecular complexity index is 341. The van der Waals surface area contributed by atoms with E-state index in [-0.39, 0.29) is 6.04 Å². The summed E-state index contributed by atoms with van der Waals surface area (Å²) >= 11 is 0. The number of methoxy groups -OCH3 is 3. The van der Waals surface area contributed by atoms with Gasteiger partial charge in [-0.25, -0.2) is 0 Å². The highest BCUT2D eigenvalue weighted by Crippen LogP contribution is 2.29. The van der Waals surface area contributed by atoms with Gasteiger partial charge in [-0.15, -0.1) is 0 Å². The van der Waals surface area contributed by atoms with Crippen molar-refractivity contribution in [3.8, 4) is 11.5 Å². The zero-order valence-corrected chi connectivity index (χ0v) is 10.9. The number of benzene rings is 1. The Morgan fingerprint density at radius 2 is 1.82 bits per heavy atom. The Kier molecular flexibility index (Phi) is 5.80. The van der Waals surface area contributed by atoms with E-state index in [0.29, 0.717) is 6.61 Å². The van der Waals surface area contributed by atoms with Crippen molar-refractivity contribution in [1.29, 1.82) is 0 Å². The standard InChI is InChI=1S/C13H21NO3/c1-10(14-7-8-15-2)11-5-6-12(16-3)13(9-11)17-4/h5-6,9-10,14H,7-8H2,1-4H3. The molecule has 0 spiro atoms. The van der Waals surface area contributed by atoms with Crippen LogP contribution in [0.2, 0.25) is 0 Å². The molecule has 1 aromatic carbocycles. The van der Waals surface area contributed by atoms with Gasteiger partial charge >= 0.3 is 0 Å². The minimum absolute atomic E-state index is 0.255. The molecule has 0 saturated heterocycles. The highest BCUT2D eigenvalue weighted by atomic mass is 16.5. The molecule has 1 unspecified atom stereocenters. The van der Waals surface area contributed by atoms with E-state index in [1.54, 1.807) is 21.3 Å². The van der Waals surface area contributed by atoms with Gasteiger partial charge in [0.05, 0.1) is 20.8 Å². The smallest absolute Gasteiger partial charge is 0.161 e. The average Bonchev–Trinajstić information content (AvgIpc) is 2.38. The van der Waals surface area contributed by atoms with Crippen molar-refractivity contribution >= 4 is 0 Å². The summed E-state index contributed by atoms with van der Waals surface area (Å²) in [5, 5.41) is 3.37. The molecule has 0 saturated carbocycles. The van der Waals surface area contributed by atoms with Gasteiger partial charge in [0.2, 0.25) is 0 Å². The van der Waals surface area contributed by atoms with Crippen molar-refractivity contribution in [2.45, 2.75) is 13.0 Å². The van der Waals surface area contributed by atoms with E-state index in [9.17, 15) is 0 Å². The van der Waals surface area contributed by atoms with Gasteiger partial charge in [-0.05, 0) is 24.6 Å². The predicted octanol–water partition coefficient (Wildman–Crippen LogP) is 2.00. The van der Waals surface area contributed by atoms with Gasteiger partial charge in [0.1, 0.15) is 0 Å². The maximum Gasteiger partial charge on any atom is 0.161 e. The van der Waals surface area contributed by atoms with Crippen LogP contribution < -0.4 is 14.8 Å². The molecule has 0 aliphatic rings. The van der Waals surface area contributed by atoms with E-state index in [1.807, 2.05) is 18.2 Å². The Morgan fingerprint density at radius 3 is 2.41 bits per heavy atom. The van der Waals surface area contributed by atoms with Crippen molar-refractivity contribution in [3.05, 3.63) is 23.8 Å². The van der Waals surface area contributed by atoms with Crippen molar-refractivity contribution in [1.82, 2.24) is 5.32 Å². The number of hydrogen-bond donors (Lipinski definition) is 1. The fourth-order valence-electron chi connectivity index (χ4n) is 1.62. The summed E-state index contributed by atoms with van der Waals surface area (Å²) in [7, 11) is 4.98. The fraction of sp³-hybridized carbons (Fsp3) is 0.538. The SMILES string of the molecule is COCCNC(C)c1ccc(OC)c(OC)c1. The molecule has 96 valence electrons. The third-order valence-electron chi connectivity index (χ3n) is 2.66. The number of rotatable bonds is 7. The zero-order chi connectivity index (χ0) is 12.7. The van der Waals surface area contributed by atoms with Crippen molar-refractivity contribution < 1.29 is 14.2 Å². The molecule has 0 amide bonds. The second-order valence-electron chi connectivity index (χ2n) is 3.78. The quantitative estimate of drug-likeness (QED) is 0.739. The van der Waals surface area contributed by atoms with Gasteiger partial charge in [-0.1, -0.05) is 6.07 Å². The molecule has 0 aliphatic carbocycles. The first-order valence-electron chi connectivity index (χ1n) is 5.67. The van der Waals surface area contributed by atoms with Crippen LogP contribution in [0.3, 0.4) is 0 Å². The maximum atomic E-state index is 5.28. The maximum absolute atomic E-state index is 5.28. The van der Waals surface area contributed by atoms with Crippen LogP contribution >= 0.6 is 0 Å². The molecule has 0 fully saturated rings. The number of nitrogens with one attached hydrogen (secondary N) is 1. The van der Waals surface area contributed by atoms with Gasteiger partial charge < -0.3 is 19.5 Å². The average molecular weight is 239 g/mol. The molecule has 17 heavy (non-hydrogen) atoms. The summed E-state index contributed by atoms with van der Waals surface area (Å²) in [6, 6.07) is 6.20. The van der Waals surface area contributed by atoms with Crippen molar-refractivity contribution in [3.63, 3.8) is 0 Å². The predicted molar refractivity (Wildman–Crippen MR) is 67.8 cm³/mol. The molecule has 0 bridgehead atoms. The van der Waals surface area contributed by atoms with Crippen LogP contribution in [-0.4, -0.2) is 34.5 Å². The van der Waals surface area contributed by atoms with E-state index in [2.05, 4.69) is 12.2 Å². The normalized spacial score (nSPS) is 12.2. The monoisotopic (exact) mass is 239 g/mol. The first kappa shape index (κ1) is 13.8. The molecule has 1 aromatic rings. The highest BCUT2D eigenvalue weighted by Gasteiger charge is 2.09. The van der Waals surface area contributed by atoms with E-state index < -0.39 is 0 Å². The van der Waals surface area contributed by atoms with Gasteiger partial charge in [-0.3, -0.25) is 0 Å². The molecule has 4 heteroatoms. The summed E-state index contributed by atoms with van der Waals surface area (Å²) in [6.07, 6.45) is 0. The van der Waals surface area contributed by atoms with E-state index in [0.717, 1.165) is 18.0 Å². The van der Waals surface area contributed by atoms with Crippen molar-refractivity contribution in [2.75, 3.05) is 34.5 Å². The van der Waals surface area contributed by atoms with Crippen LogP contribution in [0.4, 0.5) is 0 Å². The van der Waals surface area contributed by atoms with Gasteiger partial charge in [0.25, 0.3) is 0 Å². The molecular weight excluding hydrogens is 218 g/mol. The second kappa shape index (κ2) is 7.14. The summed E-state index contributed by atoms with van der Waals surface area (Å²) in [5.41, 5.74) is 1.17. The molecule has 0 aliphatic heterocycles. The molecule has 1 rings (SSSR count). The second-order valence-corrected chi connectivity index (χ2v) is 3.78. The summed E-state index contributed by atoms with van der Waals surface area (Å²) < 4.78 is 15.5. The van der Waals surface area contributed by atoms with Crippen LogP contribution in [0.15, 0.2) is 18.2 Å². The Hall–Kier alpha value is -1.26. The lowest BCUT2D eigenvalue weighted by Gasteiger charge is -2.16. The van der Waals surface area contributed by atoms with E-state index in [4.69, 9.17) is 14.2 Å². The molecule has 0 aromatic heterocycles. The largest absolute Gasteiger partial charge is 0.493 e. The van der Waals surface area contributed by atoms with Gasteiger partial charge in [0, 0.05) is 19.7 Å². The zero-order valence-electron chi connectivity index (χ0n) is 10.9. The molecule has 0 radical (unpaired) electrons. The molecular formula is C13H21NO3. The summed E-state index contributed by atoms with van der Waals surface area (Å²) in [5.74, 6) is 1.51. The summed E-state index contributed by atoms with van der Waals surface area (Å²) in [4.78, 5) is 0. The first-order chi connectivity index (χ1) is 8.22. The molecule has 1 N–H and O–H groups in total. The van der Waals surface area contributed by atoms with E-state index in [1.165, 1.54) is 5.56 Å². The lowest BCUT2D eigenvalue weighted by atomic mass is 10.1. The lowest BCUT2D eigenvalue weighted by molar-refractivity contribution is 0.196. The Balaban J connectivity index is 2.70. The molecule has 4 nitrogen and oxygen atoms in total. The van der Waals surface area contributed by atoms with Crippen LogP contribution in [-0.2, 0) is 4.74 Å². The third-order valence-corrected chi connectivity index (χ3v) is 2.66. The fourth-order valence-corrected chi connectivity index (χ4v) is 1.62. The molecule has 1 atom stereocenters. The lowest BCUT2D eigenvalue weighted by Crippen LogP contribution is -2.22. The number of hydrogen-bond acceptors (Lipinski definition) is 4. The first-order valence-corrected chi connectivity index (χ1v) is 5.67.